The quantitative estimate of drug-likeness (QED) is 0.459. The molecule has 0 bridgehead atoms. The lowest BCUT2D eigenvalue weighted by Crippen LogP contribution is -2.49. The van der Waals surface area contributed by atoms with Crippen molar-refractivity contribution in [3.8, 4) is 0 Å². The largest absolute Gasteiger partial charge is 0.338 e. The third kappa shape index (κ3) is 4.21. The van der Waals surface area contributed by atoms with Crippen molar-refractivity contribution in [1.82, 2.24) is 9.80 Å². The van der Waals surface area contributed by atoms with Gasteiger partial charge in [-0.05, 0) is 46.6 Å². The Balaban J connectivity index is 1.52. The summed E-state index contributed by atoms with van der Waals surface area (Å²) in [7, 11) is 0. The second-order valence-corrected chi connectivity index (χ2v) is 10.5. The number of benzene rings is 2. The summed E-state index contributed by atoms with van der Waals surface area (Å²) in [4.78, 5) is 32.7. The zero-order valence-electron chi connectivity index (χ0n) is 19.7. The molecular weight excluding hydrogens is 440 g/mol. The molecule has 2 atom stereocenters. The molecule has 4 nitrogen and oxygen atoms in total. The van der Waals surface area contributed by atoms with Gasteiger partial charge in [-0.2, -0.15) is 0 Å². The zero-order chi connectivity index (χ0) is 23.7. The van der Waals surface area contributed by atoms with E-state index in [1.54, 1.807) is 11.3 Å². The average molecular weight is 471 g/mol. The Bertz CT molecular complexity index is 1200. The topological polar surface area (TPSA) is 40.6 Å². The van der Waals surface area contributed by atoms with Crippen molar-refractivity contribution in [2.24, 2.45) is 5.92 Å². The predicted octanol–water partition coefficient (Wildman–Crippen LogP) is 6.00. The highest BCUT2D eigenvalue weighted by Gasteiger charge is 2.46. The number of carbonyl (C=O) groups excluding carboxylic acids is 2. The molecule has 2 aliphatic rings. The molecule has 2 aromatic carbocycles. The van der Waals surface area contributed by atoms with Gasteiger partial charge in [0.1, 0.15) is 0 Å². The second-order valence-electron chi connectivity index (χ2n) is 9.51. The van der Waals surface area contributed by atoms with Crippen LogP contribution < -0.4 is 0 Å². The number of fused-ring (bicyclic) bond motifs is 1. The van der Waals surface area contributed by atoms with E-state index in [2.05, 4.69) is 50.3 Å². The van der Waals surface area contributed by atoms with Crippen LogP contribution in [0, 0.1) is 5.92 Å². The standard InChI is InChI=1S/C29H30N2O2S/c1-20(2)19-31-27(25-13-8-18-34-25)26(23-11-6-7-12-24(23)28(31)32)29(33)30-16-14-22(15-17-30)21-9-4-3-5-10-21/h3-14,18,20,26-27H,15-17,19H2,1-2H3/t26-,27+/m0/s1. The van der Waals surface area contributed by atoms with E-state index in [0.717, 1.165) is 16.9 Å². The maximum absolute atomic E-state index is 14.2. The van der Waals surface area contributed by atoms with E-state index < -0.39 is 5.92 Å². The van der Waals surface area contributed by atoms with Gasteiger partial charge >= 0.3 is 0 Å². The van der Waals surface area contributed by atoms with Gasteiger partial charge in [-0.15, -0.1) is 11.3 Å². The van der Waals surface area contributed by atoms with Gasteiger partial charge in [0.15, 0.2) is 0 Å². The highest BCUT2D eigenvalue weighted by atomic mass is 32.1. The van der Waals surface area contributed by atoms with Crippen LogP contribution >= 0.6 is 11.3 Å². The third-order valence-electron chi connectivity index (χ3n) is 6.77. The average Bonchev–Trinajstić information content (AvgIpc) is 3.40. The van der Waals surface area contributed by atoms with Crippen LogP contribution in [0.2, 0.25) is 0 Å². The number of hydrogen-bond acceptors (Lipinski definition) is 3. The van der Waals surface area contributed by atoms with Crippen molar-refractivity contribution in [2.75, 3.05) is 19.6 Å². The molecule has 0 aliphatic carbocycles. The molecule has 0 radical (unpaired) electrons. The van der Waals surface area contributed by atoms with Crippen molar-refractivity contribution in [3.63, 3.8) is 0 Å². The molecular formula is C29H30N2O2S. The normalized spacial score (nSPS) is 20.3. The monoisotopic (exact) mass is 470 g/mol. The fourth-order valence-electron chi connectivity index (χ4n) is 5.21. The summed E-state index contributed by atoms with van der Waals surface area (Å²) >= 11 is 1.63. The Morgan fingerprint density at radius 1 is 1.03 bits per heavy atom. The van der Waals surface area contributed by atoms with Crippen LogP contribution in [-0.4, -0.2) is 41.2 Å². The fraction of sp³-hybridized carbons (Fsp3) is 0.310. The van der Waals surface area contributed by atoms with Crippen LogP contribution in [0.3, 0.4) is 0 Å². The van der Waals surface area contributed by atoms with Crippen LogP contribution in [-0.2, 0) is 4.79 Å². The fourth-order valence-corrected chi connectivity index (χ4v) is 6.08. The van der Waals surface area contributed by atoms with Crippen molar-refractivity contribution in [1.29, 1.82) is 0 Å². The molecule has 0 unspecified atom stereocenters. The SMILES string of the molecule is CC(C)CN1C(=O)c2ccccc2[C@H](C(=O)N2CC=C(c3ccccc3)CC2)[C@H]1c1cccs1. The molecule has 0 fully saturated rings. The first-order valence-corrected chi connectivity index (χ1v) is 12.9. The number of rotatable bonds is 5. The molecule has 0 spiro atoms. The van der Waals surface area contributed by atoms with E-state index in [4.69, 9.17) is 0 Å². The first kappa shape index (κ1) is 22.6. The number of hydrogen-bond donors (Lipinski definition) is 0. The van der Waals surface area contributed by atoms with Crippen LogP contribution in [0.5, 0.6) is 0 Å². The molecule has 2 amide bonds. The van der Waals surface area contributed by atoms with Crippen molar-refractivity contribution in [3.05, 3.63) is 99.8 Å². The van der Waals surface area contributed by atoms with Gasteiger partial charge in [0.05, 0.1) is 12.0 Å². The molecule has 1 aromatic heterocycles. The Labute approximate surface area is 205 Å². The lowest BCUT2D eigenvalue weighted by atomic mass is 9.80. The number of thiophene rings is 1. The van der Waals surface area contributed by atoms with E-state index in [1.165, 1.54) is 11.1 Å². The summed E-state index contributed by atoms with van der Waals surface area (Å²) in [6, 6.07) is 21.9. The molecule has 34 heavy (non-hydrogen) atoms. The lowest BCUT2D eigenvalue weighted by Gasteiger charge is -2.43. The number of amides is 2. The Kier molecular flexibility index (Phi) is 6.38. The van der Waals surface area contributed by atoms with Crippen molar-refractivity contribution >= 4 is 28.7 Å². The van der Waals surface area contributed by atoms with Crippen molar-refractivity contribution in [2.45, 2.75) is 32.2 Å². The highest BCUT2D eigenvalue weighted by molar-refractivity contribution is 7.10. The number of nitrogens with zero attached hydrogens (tertiary/aromatic N) is 2. The maximum atomic E-state index is 14.2. The molecule has 5 rings (SSSR count). The smallest absolute Gasteiger partial charge is 0.254 e. The first-order chi connectivity index (χ1) is 16.5. The Morgan fingerprint density at radius 2 is 1.79 bits per heavy atom. The van der Waals surface area contributed by atoms with Crippen LogP contribution in [0.1, 0.15) is 58.6 Å². The maximum Gasteiger partial charge on any atom is 0.254 e. The van der Waals surface area contributed by atoms with Gasteiger partial charge < -0.3 is 9.80 Å². The van der Waals surface area contributed by atoms with Crippen LogP contribution in [0.4, 0.5) is 0 Å². The van der Waals surface area contributed by atoms with E-state index in [0.29, 0.717) is 31.1 Å². The summed E-state index contributed by atoms with van der Waals surface area (Å²) < 4.78 is 0. The van der Waals surface area contributed by atoms with Gasteiger partial charge in [0.25, 0.3) is 5.91 Å². The summed E-state index contributed by atoms with van der Waals surface area (Å²) in [5.41, 5.74) is 4.03. The summed E-state index contributed by atoms with van der Waals surface area (Å²) in [5.74, 6) is 0.0314. The van der Waals surface area contributed by atoms with E-state index in [9.17, 15) is 9.59 Å². The molecule has 5 heteroatoms. The van der Waals surface area contributed by atoms with Crippen LogP contribution in [0.15, 0.2) is 78.2 Å². The molecule has 3 heterocycles. The van der Waals surface area contributed by atoms with Gasteiger partial charge in [-0.25, -0.2) is 0 Å². The zero-order valence-corrected chi connectivity index (χ0v) is 20.5. The van der Waals surface area contributed by atoms with Gasteiger partial charge in [0, 0.05) is 30.1 Å². The molecule has 0 N–H and O–H groups in total. The molecule has 0 saturated carbocycles. The second kappa shape index (κ2) is 9.59. The lowest BCUT2D eigenvalue weighted by molar-refractivity contribution is -0.134. The van der Waals surface area contributed by atoms with Gasteiger partial charge in [-0.1, -0.05) is 74.5 Å². The first-order valence-electron chi connectivity index (χ1n) is 12.0. The Morgan fingerprint density at radius 3 is 2.47 bits per heavy atom. The van der Waals surface area contributed by atoms with Crippen molar-refractivity contribution < 1.29 is 9.59 Å². The van der Waals surface area contributed by atoms with Gasteiger partial charge in [-0.3, -0.25) is 9.59 Å². The minimum absolute atomic E-state index is 0.0247. The number of carbonyl (C=O) groups is 2. The molecule has 0 saturated heterocycles. The van der Waals surface area contributed by atoms with E-state index in [-0.39, 0.29) is 17.9 Å². The molecule has 3 aromatic rings. The minimum Gasteiger partial charge on any atom is -0.338 e. The van der Waals surface area contributed by atoms with Crippen LogP contribution in [0.25, 0.3) is 5.57 Å². The van der Waals surface area contributed by atoms with E-state index in [1.807, 2.05) is 51.6 Å². The van der Waals surface area contributed by atoms with E-state index >= 15 is 0 Å². The molecule has 174 valence electrons. The minimum atomic E-state index is -0.405. The molecule has 2 aliphatic heterocycles. The Hall–Kier alpha value is -3.18. The van der Waals surface area contributed by atoms with Gasteiger partial charge in [0.2, 0.25) is 5.91 Å². The summed E-state index contributed by atoms with van der Waals surface area (Å²) in [6.45, 7) is 6.15. The summed E-state index contributed by atoms with van der Waals surface area (Å²) in [5, 5.41) is 2.03. The highest BCUT2D eigenvalue weighted by Crippen LogP contribution is 2.45. The third-order valence-corrected chi connectivity index (χ3v) is 7.71. The summed E-state index contributed by atoms with van der Waals surface area (Å²) in [6.07, 6.45) is 3.02. The predicted molar refractivity (Wildman–Crippen MR) is 138 cm³/mol.